The molecular formula is C14H29N3O2. The SMILES string of the molecule is CC(N)CCCC(C)C(=O)NCCN1CCOCC1. The van der Waals surface area contributed by atoms with Crippen molar-refractivity contribution in [2.24, 2.45) is 11.7 Å². The van der Waals surface area contributed by atoms with Gasteiger partial charge in [0.1, 0.15) is 0 Å². The van der Waals surface area contributed by atoms with E-state index in [9.17, 15) is 4.79 Å². The molecule has 1 aliphatic heterocycles. The lowest BCUT2D eigenvalue weighted by Crippen LogP contribution is -2.42. The maximum absolute atomic E-state index is 11.9. The number of rotatable bonds is 8. The van der Waals surface area contributed by atoms with E-state index in [1.807, 2.05) is 13.8 Å². The Morgan fingerprint density at radius 1 is 1.32 bits per heavy atom. The summed E-state index contributed by atoms with van der Waals surface area (Å²) in [6, 6.07) is 0.233. The summed E-state index contributed by atoms with van der Waals surface area (Å²) in [6.45, 7) is 9.21. The van der Waals surface area contributed by atoms with Gasteiger partial charge in [0.15, 0.2) is 0 Å². The Labute approximate surface area is 116 Å². The van der Waals surface area contributed by atoms with Crippen LogP contribution in [0.4, 0.5) is 0 Å². The van der Waals surface area contributed by atoms with Crippen molar-refractivity contribution in [3.05, 3.63) is 0 Å². The minimum absolute atomic E-state index is 0.0865. The summed E-state index contributed by atoms with van der Waals surface area (Å²) in [4.78, 5) is 14.2. The molecule has 1 saturated heterocycles. The second kappa shape index (κ2) is 9.28. The summed E-state index contributed by atoms with van der Waals surface area (Å²) in [7, 11) is 0. The molecule has 3 N–H and O–H groups in total. The van der Waals surface area contributed by atoms with Crippen LogP contribution in [-0.4, -0.2) is 56.2 Å². The number of nitrogens with zero attached hydrogens (tertiary/aromatic N) is 1. The number of amides is 1. The topological polar surface area (TPSA) is 67.6 Å². The van der Waals surface area contributed by atoms with E-state index in [4.69, 9.17) is 10.5 Å². The van der Waals surface area contributed by atoms with E-state index in [1.54, 1.807) is 0 Å². The highest BCUT2D eigenvalue weighted by atomic mass is 16.5. The van der Waals surface area contributed by atoms with E-state index < -0.39 is 0 Å². The molecule has 0 spiro atoms. The molecule has 0 aliphatic carbocycles. The number of hydrogen-bond donors (Lipinski definition) is 2. The van der Waals surface area contributed by atoms with E-state index in [1.165, 1.54) is 0 Å². The van der Waals surface area contributed by atoms with Gasteiger partial charge in [0, 0.05) is 38.1 Å². The van der Waals surface area contributed by atoms with Crippen LogP contribution in [0, 0.1) is 5.92 Å². The van der Waals surface area contributed by atoms with Crippen molar-refractivity contribution in [3.8, 4) is 0 Å². The summed E-state index contributed by atoms with van der Waals surface area (Å²) in [5, 5.41) is 3.02. The van der Waals surface area contributed by atoms with Crippen molar-refractivity contribution in [2.75, 3.05) is 39.4 Å². The van der Waals surface area contributed by atoms with Crippen LogP contribution in [0.2, 0.25) is 0 Å². The van der Waals surface area contributed by atoms with E-state index >= 15 is 0 Å². The molecule has 0 aromatic rings. The number of hydrogen-bond acceptors (Lipinski definition) is 4. The van der Waals surface area contributed by atoms with Gasteiger partial charge in [-0.1, -0.05) is 13.3 Å². The second-order valence-corrected chi connectivity index (χ2v) is 5.55. The van der Waals surface area contributed by atoms with Crippen LogP contribution in [-0.2, 0) is 9.53 Å². The van der Waals surface area contributed by atoms with E-state index in [2.05, 4.69) is 10.2 Å². The summed E-state index contributed by atoms with van der Waals surface area (Å²) in [6.07, 6.45) is 2.94. The standard InChI is InChI=1S/C14H29N3O2/c1-12(4-3-5-13(2)15)14(18)16-6-7-17-8-10-19-11-9-17/h12-13H,3-11,15H2,1-2H3,(H,16,18). The molecule has 1 rings (SSSR count). The lowest BCUT2D eigenvalue weighted by atomic mass is 10.0. The molecule has 0 radical (unpaired) electrons. The third kappa shape index (κ3) is 7.50. The molecule has 1 heterocycles. The molecule has 1 fully saturated rings. The molecule has 19 heavy (non-hydrogen) atoms. The highest BCUT2D eigenvalue weighted by molar-refractivity contribution is 5.78. The largest absolute Gasteiger partial charge is 0.379 e. The summed E-state index contributed by atoms with van der Waals surface area (Å²) < 4.78 is 5.29. The van der Waals surface area contributed by atoms with Gasteiger partial charge in [0.25, 0.3) is 0 Å². The fraction of sp³-hybridized carbons (Fsp3) is 0.929. The van der Waals surface area contributed by atoms with Crippen molar-refractivity contribution in [3.63, 3.8) is 0 Å². The molecule has 2 unspecified atom stereocenters. The molecule has 0 saturated carbocycles. The lowest BCUT2D eigenvalue weighted by molar-refractivity contribution is -0.124. The zero-order chi connectivity index (χ0) is 14.1. The minimum atomic E-state index is 0.0865. The van der Waals surface area contributed by atoms with Crippen LogP contribution >= 0.6 is 0 Å². The third-order valence-corrected chi connectivity index (χ3v) is 3.58. The molecule has 0 aromatic heterocycles. The molecule has 0 aromatic carbocycles. The van der Waals surface area contributed by atoms with Gasteiger partial charge in [-0.25, -0.2) is 0 Å². The summed E-state index contributed by atoms with van der Waals surface area (Å²) in [5.41, 5.74) is 5.70. The summed E-state index contributed by atoms with van der Waals surface area (Å²) in [5.74, 6) is 0.251. The van der Waals surface area contributed by atoms with E-state index in [0.717, 1.165) is 58.7 Å². The van der Waals surface area contributed by atoms with Crippen molar-refractivity contribution in [1.82, 2.24) is 10.2 Å². The van der Waals surface area contributed by atoms with Crippen molar-refractivity contribution >= 4 is 5.91 Å². The maximum Gasteiger partial charge on any atom is 0.222 e. The predicted molar refractivity (Wildman–Crippen MR) is 76.9 cm³/mol. The number of ether oxygens (including phenoxy) is 1. The van der Waals surface area contributed by atoms with E-state index in [0.29, 0.717) is 0 Å². The zero-order valence-corrected chi connectivity index (χ0v) is 12.4. The monoisotopic (exact) mass is 271 g/mol. The average Bonchev–Trinajstić information content (AvgIpc) is 2.39. The number of morpholine rings is 1. The first-order chi connectivity index (χ1) is 9.09. The summed E-state index contributed by atoms with van der Waals surface area (Å²) >= 11 is 0. The Morgan fingerprint density at radius 2 is 2.00 bits per heavy atom. The molecule has 2 atom stereocenters. The zero-order valence-electron chi connectivity index (χ0n) is 12.4. The van der Waals surface area contributed by atoms with Gasteiger partial charge in [-0.2, -0.15) is 0 Å². The van der Waals surface area contributed by atoms with Crippen LogP contribution < -0.4 is 11.1 Å². The van der Waals surface area contributed by atoms with Crippen molar-refractivity contribution in [2.45, 2.75) is 39.2 Å². The highest BCUT2D eigenvalue weighted by Crippen LogP contribution is 2.08. The van der Waals surface area contributed by atoms with Gasteiger partial charge in [-0.15, -0.1) is 0 Å². The molecule has 1 amide bonds. The first kappa shape index (κ1) is 16.4. The normalized spacial score (nSPS) is 19.9. The first-order valence-corrected chi connectivity index (χ1v) is 7.43. The molecule has 5 nitrogen and oxygen atoms in total. The Kier molecular flexibility index (Phi) is 8.02. The number of carbonyl (C=O) groups is 1. The predicted octanol–water partition coefficient (Wildman–Crippen LogP) is 0.588. The number of nitrogens with one attached hydrogen (secondary N) is 1. The van der Waals surface area contributed by atoms with Gasteiger partial charge in [-0.05, 0) is 19.8 Å². The van der Waals surface area contributed by atoms with Crippen LogP contribution in [0.25, 0.3) is 0 Å². The van der Waals surface area contributed by atoms with Crippen LogP contribution in [0.1, 0.15) is 33.1 Å². The fourth-order valence-corrected chi connectivity index (χ4v) is 2.21. The lowest BCUT2D eigenvalue weighted by Gasteiger charge is -2.26. The quantitative estimate of drug-likeness (QED) is 0.678. The fourth-order valence-electron chi connectivity index (χ4n) is 2.21. The van der Waals surface area contributed by atoms with Gasteiger partial charge in [0.05, 0.1) is 13.2 Å². The van der Waals surface area contributed by atoms with Gasteiger partial charge >= 0.3 is 0 Å². The van der Waals surface area contributed by atoms with E-state index in [-0.39, 0.29) is 17.9 Å². The number of nitrogens with two attached hydrogens (primary N) is 1. The smallest absolute Gasteiger partial charge is 0.222 e. The van der Waals surface area contributed by atoms with Crippen molar-refractivity contribution in [1.29, 1.82) is 0 Å². The maximum atomic E-state index is 11.9. The Hall–Kier alpha value is -0.650. The Morgan fingerprint density at radius 3 is 2.63 bits per heavy atom. The minimum Gasteiger partial charge on any atom is -0.379 e. The van der Waals surface area contributed by atoms with Crippen LogP contribution in [0.5, 0.6) is 0 Å². The Bertz CT molecular complexity index is 253. The average molecular weight is 271 g/mol. The van der Waals surface area contributed by atoms with Crippen LogP contribution in [0.15, 0.2) is 0 Å². The third-order valence-electron chi connectivity index (χ3n) is 3.58. The molecule has 5 heteroatoms. The number of carbonyl (C=O) groups excluding carboxylic acids is 1. The molecule has 112 valence electrons. The van der Waals surface area contributed by atoms with Gasteiger partial charge in [0.2, 0.25) is 5.91 Å². The molecular weight excluding hydrogens is 242 g/mol. The van der Waals surface area contributed by atoms with Crippen molar-refractivity contribution < 1.29 is 9.53 Å². The van der Waals surface area contributed by atoms with Gasteiger partial charge < -0.3 is 15.8 Å². The second-order valence-electron chi connectivity index (χ2n) is 5.55. The first-order valence-electron chi connectivity index (χ1n) is 7.43. The molecule has 0 bridgehead atoms. The highest BCUT2D eigenvalue weighted by Gasteiger charge is 2.14. The Balaban J connectivity index is 2.05. The van der Waals surface area contributed by atoms with Gasteiger partial charge in [-0.3, -0.25) is 9.69 Å². The molecule has 1 aliphatic rings. The van der Waals surface area contributed by atoms with Crippen LogP contribution in [0.3, 0.4) is 0 Å².